The highest BCUT2D eigenvalue weighted by Crippen LogP contribution is 2.24. The summed E-state index contributed by atoms with van der Waals surface area (Å²) in [6.45, 7) is 0. The molecule has 2 aromatic carbocycles. The van der Waals surface area contributed by atoms with Crippen LogP contribution in [0, 0.1) is 0 Å². The Labute approximate surface area is 142 Å². The fourth-order valence-electron chi connectivity index (χ4n) is 2.41. The number of amides is 1. The first kappa shape index (κ1) is 16.0. The third-order valence-corrected chi connectivity index (χ3v) is 3.86. The van der Waals surface area contributed by atoms with Crippen LogP contribution in [0.5, 0.6) is 0 Å². The molecule has 1 N–H and O–H groups in total. The van der Waals surface area contributed by atoms with Crippen molar-refractivity contribution in [2.45, 2.75) is 12.5 Å². The summed E-state index contributed by atoms with van der Waals surface area (Å²) < 4.78 is 5.15. The molecule has 7 heteroatoms. The van der Waals surface area contributed by atoms with E-state index in [0.29, 0.717) is 21.8 Å². The van der Waals surface area contributed by atoms with Crippen molar-refractivity contribution in [3.05, 3.63) is 64.2 Å². The summed E-state index contributed by atoms with van der Waals surface area (Å²) in [6, 6.07) is 10.3. The van der Waals surface area contributed by atoms with Gasteiger partial charge in [0.1, 0.15) is 0 Å². The number of hydrogen-bond acceptors (Lipinski definition) is 5. The predicted octanol–water partition coefficient (Wildman–Crippen LogP) is 1.42. The molecule has 0 bridgehead atoms. The largest absolute Gasteiger partial charge is 0.545 e. The monoisotopic (exact) mass is 344 g/mol. The van der Waals surface area contributed by atoms with Gasteiger partial charge in [-0.15, -0.1) is 0 Å². The van der Waals surface area contributed by atoms with Crippen LogP contribution < -0.4 is 10.4 Å². The van der Waals surface area contributed by atoms with E-state index in [4.69, 9.17) is 16.3 Å². The Morgan fingerprint density at radius 3 is 2.54 bits per heavy atom. The maximum Gasteiger partial charge on any atom is 0.339 e. The van der Waals surface area contributed by atoms with E-state index in [1.165, 1.54) is 30.3 Å². The molecule has 3 rings (SSSR count). The van der Waals surface area contributed by atoms with Crippen LogP contribution in [-0.2, 0) is 16.0 Å². The molecule has 122 valence electrons. The molecule has 0 aromatic heterocycles. The van der Waals surface area contributed by atoms with Gasteiger partial charge in [-0.1, -0.05) is 29.8 Å². The van der Waals surface area contributed by atoms with E-state index in [1.807, 2.05) is 0 Å². The first-order valence-corrected chi connectivity index (χ1v) is 7.43. The highest BCUT2D eigenvalue weighted by molar-refractivity contribution is 6.31. The van der Waals surface area contributed by atoms with Gasteiger partial charge in [-0.25, -0.2) is 4.79 Å². The van der Waals surface area contributed by atoms with Crippen LogP contribution in [0.4, 0.5) is 5.69 Å². The van der Waals surface area contributed by atoms with Crippen molar-refractivity contribution < 1.29 is 24.2 Å². The average Bonchev–Trinajstić information content (AvgIpc) is 2.55. The van der Waals surface area contributed by atoms with Gasteiger partial charge in [0.25, 0.3) is 5.91 Å². The Kier molecular flexibility index (Phi) is 4.22. The zero-order valence-electron chi connectivity index (χ0n) is 12.2. The van der Waals surface area contributed by atoms with Gasteiger partial charge in [0.15, 0.2) is 6.10 Å². The summed E-state index contributed by atoms with van der Waals surface area (Å²) in [4.78, 5) is 35.0. The first-order valence-electron chi connectivity index (χ1n) is 7.06. The summed E-state index contributed by atoms with van der Waals surface area (Å²) in [6.07, 6.45) is -0.728. The van der Waals surface area contributed by atoms with E-state index in [9.17, 15) is 19.5 Å². The van der Waals surface area contributed by atoms with E-state index < -0.39 is 23.9 Å². The van der Waals surface area contributed by atoms with Gasteiger partial charge in [-0.05, 0) is 35.4 Å². The zero-order valence-corrected chi connectivity index (χ0v) is 13.0. The number of cyclic esters (lactones) is 1. The zero-order chi connectivity index (χ0) is 17.3. The van der Waals surface area contributed by atoms with Crippen LogP contribution in [0.3, 0.4) is 0 Å². The number of carbonyl (C=O) groups is 3. The molecule has 0 fully saturated rings. The third kappa shape index (κ3) is 3.23. The van der Waals surface area contributed by atoms with Gasteiger partial charge < -0.3 is 20.0 Å². The van der Waals surface area contributed by atoms with Crippen LogP contribution in [0.1, 0.15) is 26.3 Å². The highest BCUT2D eigenvalue weighted by atomic mass is 35.5. The lowest BCUT2D eigenvalue weighted by Gasteiger charge is -2.24. The van der Waals surface area contributed by atoms with E-state index in [1.54, 1.807) is 12.1 Å². The lowest BCUT2D eigenvalue weighted by Crippen LogP contribution is -2.38. The number of esters is 1. The summed E-state index contributed by atoms with van der Waals surface area (Å²) >= 11 is 5.85. The quantitative estimate of drug-likeness (QED) is 0.850. The fraction of sp³-hybridized carbons (Fsp3) is 0.118. The van der Waals surface area contributed by atoms with Crippen LogP contribution >= 0.6 is 11.6 Å². The smallest absolute Gasteiger partial charge is 0.339 e. The van der Waals surface area contributed by atoms with Crippen molar-refractivity contribution in [2.24, 2.45) is 0 Å². The second kappa shape index (κ2) is 6.33. The van der Waals surface area contributed by atoms with Crippen molar-refractivity contribution in [1.82, 2.24) is 0 Å². The van der Waals surface area contributed by atoms with Crippen LogP contribution in [-0.4, -0.2) is 23.9 Å². The molecular weight excluding hydrogens is 334 g/mol. The lowest BCUT2D eigenvalue weighted by molar-refractivity contribution is -0.255. The van der Waals surface area contributed by atoms with E-state index in [0.717, 1.165) is 0 Å². The number of carboxylic acids is 1. The minimum absolute atomic E-state index is 0.00268. The SMILES string of the molecule is O=C([O-])c1ccc(NC(=O)[C@@H]2Cc3ccc(Cl)cc3C(=O)O2)cc1. The number of nitrogens with one attached hydrogen (secondary N) is 1. The first-order chi connectivity index (χ1) is 11.4. The highest BCUT2D eigenvalue weighted by Gasteiger charge is 2.31. The van der Waals surface area contributed by atoms with Gasteiger partial charge in [0.2, 0.25) is 0 Å². The molecule has 0 radical (unpaired) electrons. The molecule has 0 aliphatic carbocycles. The number of rotatable bonds is 3. The second-order valence-electron chi connectivity index (χ2n) is 5.25. The summed E-state index contributed by atoms with van der Waals surface area (Å²) in [5.74, 6) is -2.40. The molecule has 1 amide bonds. The molecule has 2 aromatic rings. The van der Waals surface area contributed by atoms with Crippen molar-refractivity contribution in [2.75, 3.05) is 5.32 Å². The molecule has 0 spiro atoms. The Balaban J connectivity index is 1.73. The second-order valence-corrected chi connectivity index (χ2v) is 5.69. The Morgan fingerprint density at radius 1 is 1.17 bits per heavy atom. The molecule has 1 atom stereocenters. The number of hydrogen-bond donors (Lipinski definition) is 1. The van der Waals surface area contributed by atoms with Crippen LogP contribution in [0.2, 0.25) is 5.02 Å². The Bertz CT molecular complexity index is 831. The normalized spacial score (nSPS) is 16.0. The van der Waals surface area contributed by atoms with E-state index in [-0.39, 0.29) is 12.0 Å². The standard InChI is InChI=1S/C17H12ClNO5/c18-11-4-1-10-7-14(24-17(23)13(10)8-11)15(20)19-12-5-2-9(3-6-12)16(21)22/h1-6,8,14H,7H2,(H,19,20)(H,21,22)/p-1/t14-/m0/s1. The van der Waals surface area contributed by atoms with Gasteiger partial charge >= 0.3 is 5.97 Å². The fourth-order valence-corrected chi connectivity index (χ4v) is 2.58. The lowest BCUT2D eigenvalue weighted by atomic mass is 9.98. The number of benzene rings is 2. The van der Waals surface area contributed by atoms with E-state index in [2.05, 4.69) is 5.32 Å². The molecule has 0 saturated carbocycles. The molecule has 0 unspecified atom stereocenters. The maximum absolute atomic E-state index is 12.3. The van der Waals surface area contributed by atoms with Crippen LogP contribution in [0.25, 0.3) is 0 Å². The molecule has 0 saturated heterocycles. The minimum Gasteiger partial charge on any atom is -0.545 e. The number of carboxylic acid groups (broad SMARTS) is 1. The molecule has 24 heavy (non-hydrogen) atoms. The number of anilines is 1. The summed E-state index contributed by atoms with van der Waals surface area (Å²) in [7, 11) is 0. The Hall–Kier alpha value is -2.86. The van der Waals surface area contributed by atoms with Crippen LogP contribution in [0.15, 0.2) is 42.5 Å². The summed E-state index contributed by atoms with van der Waals surface area (Å²) in [5.41, 5.74) is 1.43. The molecule has 1 aliphatic rings. The maximum atomic E-state index is 12.3. The molecule has 6 nitrogen and oxygen atoms in total. The predicted molar refractivity (Wildman–Crippen MR) is 83.8 cm³/mol. The number of carbonyl (C=O) groups excluding carboxylic acids is 3. The van der Waals surface area contributed by atoms with Gasteiger partial charge in [0.05, 0.1) is 11.5 Å². The Morgan fingerprint density at radius 2 is 1.88 bits per heavy atom. The van der Waals surface area contributed by atoms with Gasteiger partial charge in [0, 0.05) is 17.1 Å². The molecular formula is C17H11ClNO5-. The molecule has 1 heterocycles. The van der Waals surface area contributed by atoms with Gasteiger partial charge in [-0.2, -0.15) is 0 Å². The van der Waals surface area contributed by atoms with Crippen molar-refractivity contribution in [3.8, 4) is 0 Å². The van der Waals surface area contributed by atoms with Crippen molar-refractivity contribution in [1.29, 1.82) is 0 Å². The number of ether oxygens (including phenoxy) is 1. The minimum atomic E-state index is -1.30. The topological polar surface area (TPSA) is 95.5 Å². The van der Waals surface area contributed by atoms with Gasteiger partial charge in [-0.3, -0.25) is 4.79 Å². The molecule has 1 aliphatic heterocycles. The summed E-state index contributed by atoms with van der Waals surface area (Å²) in [5, 5.41) is 13.7. The van der Waals surface area contributed by atoms with E-state index >= 15 is 0 Å². The average molecular weight is 345 g/mol. The number of fused-ring (bicyclic) bond motifs is 1. The number of halogens is 1. The van der Waals surface area contributed by atoms with Crippen molar-refractivity contribution in [3.63, 3.8) is 0 Å². The van der Waals surface area contributed by atoms with Crippen molar-refractivity contribution >= 4 is 35.1 Å². The number of aromatic carboxylic acids is 1. The third-order valence-electron chi connectivity index (χ3n) is 3.63.